The monoisotopic (exact) mass is 289 g/mol. The van der Waals surface area contributed by atoms with E-state index >= 15 is 0 Å². The Morgan fingerprint density at radius 3 is 1.82 bits per heavy atom. The molecule has 0 aliphatic carbocycles. The fourth-order valence-electron chi connectivity index (χ4n) is 1.82. The lowest BCUT2D eigenvalue weighted by atomic mass is 10.0. The van der Waals surface area contributed by atoms with Crippen LogP contribution in [0.25, 0.3) is 0 Å². The Morgan fingerprint density at radius 2 is 1.29 bits per heavy atom. The SMILES string of the molecule is CNCc1ccc(Cc2ccc(Br)cc2)cc1. The molecule has 0 spiro atoms. The highest BCUT2D eigenvalue weighted by Crippen LogP contribution is 2.14. The highest BCUT2D eigenvalue weighted by Gasteiger charge is 1.97. The number of hydrogen-bond donors (Lipinski definition) is 1. The van der Waals surface area contributed by atoms with Gasteiger partial charge in [0, 0.05) is 11.0 Å². The summed E-state index contributed by atoms with van der Waals surface area (Å²) in [6.07, 6.45) is 0.993. The number of benzene rings is 2. The summed E-state index contributed by atoms with van der Waals surface area (Å²) in [4.78, 5) is 0. The summed E-state index contributed by atoms with van der Waals surface area (Å²) in [5.41, 5.74) is 4.02. The van der Waals surface area contributed by atoms with Gasteiger partial charge in [-0.3, -0.25) is 0 Å². The summed E-state index contributed by atoms with van der Waals surface area (Å²) in [5.74, 6) is 0. The Kier molecular flexibility index (Phi) is 4.35. The Bertz CT molecular complexity index is 459. The van der Waals surface area contributed by atoms with Gasteiger partial charge in [0.15, 0.2) is 0 Å². The summed E-state index contributed by atoms with van der Waals surface area (Å²) < 4.78 is 1.13. The van der Waals surface area contributed by atoms with E-state index in [2.05, 4.69) is 69.8 Å². The maximum Gasteiger partial charge on any atom is 0.0202 e. The van der Waals surface area contributed by atoms with E-state index in [0.29, 0.717) is 0 Å². The molecular weight excluding hydrogens is 274 g/mol. The number of rotatable bonds is 4. The van der Waals surface area contributed by atoms with Crippen molar-refractivity contribution in [2.75, 3.05) is 7.05 Å². The highest BCUT2D eigenvalue weighted by atomic mass is 79.9. The molecule has 0 amide bonds. The van der Waals surface area contributed by atoms with E-state index < -0.39 is 0 Å². The molecule has 0 aromatic heterocycles. The molecule has 0 heterocycles. The summed E-state index contributed by atoms with van der Waals surface area (Å²) >= 11 is 3.45. The van der Waals surface area contributed by atoms with Gasteiger partial charge in [-0.05, 0) is 42.3 Å². The number of halogens is 1. The van der Waals surface area contributed by atoms with Gasteiger partial charge in [0.1, 0.15) is 0 Å². The van der Waals surface area contributed by atoms with Crippen LogP contribution in [0.3, 0.4) is 0 Å². The van der Waals surface area contributed by atoms with Crippen molar-refractivity contribution in [3.8, 4) is 0 Å². The van der Waals surface area contributed by atoms with Gasteiger partial charge in [-0.25, -0.2) is 0 Å². The maximum atomic E-state index is 3.45. The molecule has 0 radical (unpaired) electrons. The number of nitrogens with one attached hydrogen (secondary N) is 1. The minimum Gasteiger partial charge on any atom is -0.316 e. The van der Waals surface area contributed by atoms with Gasteiger partial charge in [-0.1, -0.05) is 52.3 Å². The van der Waals surface area contributed by atoms with Crippen molar-refractivity contribution in [3.05, 3.63) is 69.7 Å². The average molecular weight is 290 g/mol. The lowest BCUT2D eigenvalue weighted by molar-refractivity contribution is 0.817. The minimum atomic E-state index is 0.929. The van der Waals surface area contributed by atoms with Gasteiger partial charge >= 0.3 is 0 Å². The third-order valence-electron chi connectivity index (χ3n) is 2.73. The van der Waals surface area contributed by atoms with E-state index in [1.54, 1.807) is 0 Å². The fourth-order valence-corrected chi connectivity index (χ4v) is 2.08. The molecule has 88 valence electrons. The molecule has 1 N–H and O–H groups in total. The first-order valence-electron chi connectivity index (χ1n) is 5.75. The minimum absolute atomic E-state index is 0.929. The first-order chi connectivity index (χ1) is 8.28. The molecule has 0 saturated carbocycles. The van der Waals surface area contributed by atoms with Gasteiger partial charge in [-0.2, -0.15) is 0 Å². The molecule has 0 saturated heterocycles. The molecule has 17 heavy (non-hydrogen) atoms. The predicted molar refractivity (Wildman–Crippen MR) is 76.2 cm³/mol. The van der Waals surface area contributed by atoms with Crippen LogP contribution in [-0.2, 0) is 13.0 Å². The van der Waals surface area contributed by atoms with E-state index in [0.717, 1.165) is 17.4 Å². The van der Waals surface area contributed by atoms with Crippen molar-refractivity contribution < 1.29 is 0 Å². The Morgan fingerprint density at radius 1 is 0.824 bits per heavy atom. The molecule has 1 nitrogen and oxygen atoms in total. The van der Waals surface area contributed by atoms with Gasteiger partial charge in [-0.15, -0.1) is 0 Å². The second kappa shape index (κ2) is 5.99. The summed E-state index contributed by atoms with van der Waals surface area (Å²) in [6.45, 7) is 0.929. The third-order valence-corrected chi connectivity index (χ3v) is 3.25. The molecule has 2 aromatic carbocycles. The summed E-state index contributed by atoms with van der Waals surface area (Å²) in [6, 6.07) is 17.3. The summed E-state index contributed by atoms with van der Waals surface area (Å²) in [7, 11) is 1.97. The molecule has 2 rings (SSSR count). The van der Waals surface area contributed by atoms with Crippen molar-refractivity contribution in [3.63, 3.8) is 0 Å². The molecule has 0 atom stereocenters. The second-order valence-electron chi connectivity index (χ2n) is 4.15. The predicted octanol–water partition coefficient (Wildman–Crippen LogP) is 3.76. The zero-order valence-corrected chi connectivity index (χ0v) is 11.5. The molecule has 0 unspecified atom stereocenters. The largest absolute Gasteiger partial charge is 0.316 e. The van der Waals surface area contributed by atoms with Crippen LogP contribution in [0.2, 0.25) is 0 Å². The Balaban J connectivity index is 2.05. The molecule has 0 bridgehead atoms. The topological polar surface area (TPSA) is 12.0 Å². The van der Waals surface area contributed by atoms with Crippen molar-refractivity contribution in [1.82, 2.24) is 5.32 Å². The van der Waals surface area contributed by atoms with Crippen molar-refractivity contribution >= 4 is 15.9 Å². The smallest absolute Gasteiger partial charge is 0.0202 e. The lowest BCUT2D eigenvalue weighted by Gasteiger charge is -2.04. The lowest BCUT2D eigenvalue weighted by Crippen LogP contribution is -2.04. The van der Waals surface area contributed by atoms with E-state index in [1.807, 2.05) is 7.05 Å². The van der Waals surface area contributed by atoms with Crippen molar-refractivity contribution in [2.45, 2.75) is 13.0 Å². The van der Waals surface area contributed by atoms with E-state index in [9.17, 15) is 0 Å². The fraction of sp³-hybridized carbons (Fsp3) is 0.200. The zero-order chi connectivity index (χ0) is 12.1. The first-order valence-corrected chi connectivity index (χ1v) is 6.54. The van der Waals surface area contributed by atoms with Crippen molar-refractivity contribution in [2.24, 2.45) is 0 Å². The van der Waals surface area contributed by atoms with Crippen LogP contribution in [0, 0.1) is 0 Å². The van der Waals surface area contributed by atoms with Crippen LogP contribution >= 0.6 is 15.9 Å². The summed E-state index contributed by atoms with van der Waals surface area (Å²) in [5, 5.41) is 3.15. The van der Waals surface area contributed by atoms with Gasteiger partial charge in [0.05, 0.1) is 0 Å². The molecule has 0 aliphatic rings. The van der Waals surface area contributed by atoms with Crippen molar-refractivity contribution in [1.29, 1.82) is 0 Å². The van der Waals surface area contributed by atoms with Gasteiger partial charge in [0.25, 0.3) is 0 Å². The molecule has 2 aromatic rings. The number of hydrogen-bond acceptors (Lipinski definition) is 1. The Labute approximate surface area is 111 Å². The molecule has 0 aliphatic heterocycles. The maximum absolute atomic E-state index is 3.45. The van der Waals surface area contributed by atoms with Crippen LogP contribution in [0.15, 0.2) is 53.0 Å². The van der Waals surface area contributed by atoms with Gasteiger partial charge < -0.3 is 5.32 Å². The van der Waals surface area contributed by atoms with E-state index in [-0.39, 0.29) is 0 Å². The quantitative estimate of drug-likeness (QED) is 0.904. The van der Waals surface area contributed by atoms with Crippen LogP contribution in [-0.4, -0.2) is 7.05 Å². The zero-order valence-electron chi connectivity index (χ0n) is 9.91. The van der Waals surface area contributed by atoms with Gasteiger partial charge in [0.2, 0.25) is 0 Å². The first kappa shape index (κ1) is 12.3. The van der Waals surface area contributed by atoms with E-state index in [1.165, 1.54) is 16.7 Å². The normalized spacial score (nSPS) is 10.5. The second-order valence-corrected chi connectivity index (χ2v) is 5.07. The Hall–Kier alpha value is -1.12. The van der Waals surface area contributed by atoms with E-state index in [4.69, 9.17) is 0 Å². The standard InChI is InChI=1S/C15H16BrN/c1-17-11-14-4-2-12(3-5-14)10-13-6-8-15(16)9-7-13/h2-9,17H,10-11H2,1H3. The van der Waals surface area contributed by atoms with Crippen LogP contribution in [0.5, 0.6) is 0 Å². The highest BCUT2D eigenvalue weighted by molar-refractivity contribution is 9.10. The molecular formula is C15H16BrN. The average Bonchev–Trinajstić information content (AvgIpc) is 2.35. The van der Waals surface area contributed by atoms with Crippen LogP contribution in [0.1, 0.15) is 16.7 Å². The third kappa shape index (κ3) is 3.69. The molecule has 0 fully saturated rings. The van der Waals surface area contributed by atoms with Crippen LogP contribution in [0.4, 0.5) is 0 Å². The molecule has 2 heteroatoms. The van der Waals surface area contributed by atoms with Crippen LogP contribution < -0.4 is 5.32 Å².